The predicted octanol–water partition coefficient (Wildman–Crippen LogP) is 3.31. The van der Waals surface area contributed by atoms with Crippen LogP contribution in [0.2, 0.25) is 0 Å². The van der Waals surface area contributed by atoms with Crippen molar-refractivity contribution in [1.29, 1.82) is 0 Å². The van der Waals surface area contributed by atoms with Gasteiger partial charge < -0.3 is 4.74 Å². The van der Waals surface area contributed by atoms with Gasteiger partial charge in [0.05, 0.1) is 0 Å². The number of ketones is 1. The third-order valence-electron chi connectivity index (χ3n) is 4.00. The Hall–Kier alpha value is -1.22. The van der Waals surface area contributed by atoms with Gasteiger partial charge in [-0.25, -0.2) is 0 Å². The van der Waals surface area contributed by atoms with E-state index in [0.717, 1.165) is 31.2 Å². The van der Waals surface area contributed by atoms with Crippen LogP contribution >= 0.6 is 0 Å². The van der Waals surface area contributed by atoms with Gasteiger partial charge in [-0.2, -0.15) is 0 Å². The van der Waals surface area contributed by atoms with Crippen molar-refractivity contribution >= 4 is 5.78 Å². The highest BCUT2D eigenvalue weighted by molar-refractivity contribution is 6.03. The lowest BCUT2D eigenvalue weighted by Crippen LogP contribution is -2.40. The minimum Gasteiger partial charge on any atom is -0.370 e. The van der Waals surface area contributed by atoms with Gasteiger partial charge >= 0.3 is 0 Å². The van der Waals surface area contributed by atoms with Crippen molar-refractivity contribution in [2.45, 2.75) is 51.0 Å². The first kappa shape index (κ1) is 13.2. The molecule has 1 aliphatic carbocycles. The fourth-order valence-corrected chi connectivity index (χ4v) is 2.77. The fraction of sp³-hybridized carbons (Fsp3) is 0.600. The van der Waals surface area contributed by atoms with Crippen molar-refractivity contribution in [3.63, 3.8) is 0 Å². The number of hydrogen-bond donors (Lipinski definition) is 0. The lowest BCUT2D eigenvalue weighted by molar-refractivity contribution is -0.00700. The number of carbonyl (C=O) groups is 1. The van der Waals surface area contributed by atoms with Gasteiger partial charge in [-0.3, -0.25) is 9.78 Å². The second kappa shape index (κ2) is 5.61. The summed E-state index contributed by atoms with van der Waals surface area (Å²) in [6.45, 7) is 1.95. The number of aryl methyl sites for hydroxylation is 1. The average molecular weight is 247 g/mol. The summed E-state index contributed by atoms with van der Waals surface area (Å²) in [6, 6.07) is 1.88. The van der Waals surface area contributed by atoms with E-state index in [-0.39, 0.29) is 5.78 Å². The summed E-state index contributed by atoms with van der Waals surface area (Å²) in [5.74, 6) is 0.109. The van der Waals surface area contributed by atoms with Gasteiger partial charge in [0.2, 0.25) is 0 Å². The van der Waals surface area contributed by atoms with Crippen molar-refractivity contribution < 1.29 is 9.53 Å². The summed E-state index contributed by atoms with van der Waals surface area (Å²) in [7, 11) is 1.66. The van der Waals surface area contributed by atoms with Crippen LogP contribution in [0.4, 0.5) is 0 Å². The summed E-state index contributed by atoms with van der Waals surface area (Å²) >= 11 is 0. The normalized spacial score (nSPS) is 19.2. The Morgan fingerprint density at radius 2 is 1.94 bits per heavy atom. The number of rotatable bonds is 3. The van der Waals surface area contributed by atoms with Crippen LogP contribution in [0, 0.1) is 6.92 Å². The van der Waals surface area contributed by atoms with Crippen LogP contribution in [-0.4, -0.2) is 23.5 Å². The molecule has 98 valence electrons. The Morgan fingerprint density at radius 3 is 2.50 bits per heavy atom. The number of methoxy groups -OCH3 is 1. The Balaban J connectivity index is 2.32. The molecule has 0 atom stereocenters. The standard InChI is InChI=1S/C15H21NO2/c1-12-7-10-16-11-13(12)14(17)15(18-2)8-5-3-4-6-9-15/h7,10-11H,3-6,8-9H2,1-2H3. The zero-order valence-corrected chi connectivity index (χ0v) is 11.2. The highest BCUT2D eigenvalue weighted by Gasteiger charge is 2.39. The largest absolute Gasteiger partial charge is 0.370 e. The van der Waals surface area contributed by atoms with Crippen LogP contribution in [0.5, 0.6) is 0 Å². The number of ether oxygens (including phenoxy) is 1. The maximum Gasteiger partial charge on any atom is 0.196 e. The van der Waals surface area contributed by atoms with E-state index in [0.29, 0.717) is 5.56 Å². The Kier molecular flexibility index (Phi) is 4.12. The Morgan fingerprint density at radius 1 is 1.28 bits per heavy atom. The zero-order chi connectivity index (χ0) is 13.0. The lowest BCUT2D eigenvalue weighted by Gasteiger charge is -2.30. The second-order valence-corrected chi connectivity index (χ2v) is 5.13. The van der Waals surface area contributed by atoms with Gasteiger partial charge in [0.1, 0.15) is 5.60 Å². The van der Waals surface area contributed by atoms with E-state index in [1.165, 1.54) is 12.8 Å². The molecule has 0 amide bonds. The van der Waals surface area contributed by atoms with Crippen molar-refractivity contribution in [2.24, 2.45) is 0 Å². The molecule has 0 saturated heterocycles. The van der Waals surface area contributed by atoms with Gasteiger partial charge in [-0.1, -0.05) is 25.7 Å². The van der Waals surface area contributed by atoms with Crippen LogP contribution < -0.4 is 0 Å². The molecule has 1 aromatic heterocycles. The first-order chi connectivity index (χ1) is 8.69. The van der Waals surface area contributed by atoms with E-state index in [2.05, 4.69) is 4.98 Å². The minimum absolute atomic E-state index is 0.109. The first-order valence-electron chi connectivity index (χ1n) is 6.70. The first-order valence-corrected chi connectivity index (χ1v) is 6.70. The number of hydrogen-bond acceptors (Lipinski definition) is 3. The number of pyridine rings is 1. The molecule has 0 aliphatic heterocycles. The molecule has 0 bridgehead atoms. The average Bonchev–Trinajstić information content (AvgIpc) is 2.65. The smallest absolute Gasteiger partial charge is 0.196 e. The van der Waals surface area contributed by atoms with Crippen molar-refractivity contribution in [1.82, 2.24) is 4.98 Å². The van der Waals surface area contributed by atoms with Gasteiger partial charge in [-0.05, 0) is 31.4 Å². The van der Waals surface area contributed by atoms with E-state index in [1.54, 1.807) is 19.5 Å². The molecule has 1 aromatic rings. The van der Waals surface area contributed by atoms with Crippen LogP contribution in [-0.2, 0) is 4.74 Å². The second-order valence-electron chi connectivity index (χ2n) is 5.13. The summed E-state index contributed by atoms with van der Waals surface area (Å²) < 4.78 is 5.65. The third kappa shape index (κ3) is 2.46. The molecule has 18 heavy (non-hydrogen) atoms. The van der Waals surface area contributed by atoms with Crippen molar-refractivity contribution in [3.05, 3.63) is 29.6 Å². The van der Waals surface area contributed by atoms with E-state index in [4.69, 9.17) is 4.74 Å². The predicted molar refractivity (Wildman–Crippen MR) is 70.7 cm³/mol. The molecule has 3 heteroatoms. The zero-order valence-electron chi connectivity index (χ0n) is 11.2. The number of carbonyl (C=O) groups excluding carboxylic acids is 1. The highest BCUT2D eigenvalue weighted by atomic mass is 16.5. The summed E-state index contributed by atoms with van der Waals surface area (Å²) in [5.41, 5.74) is 1.07. The van der Waals surface area contributed by atoms with Crippen LogP contribution in [0.25, 0.3) is 0 Å². The van der Waals surface area contributed by atoms with Crippen molar-refractivity contribution in [3.8, 4) is 0 Å². The summed E-state index contributed by atoms with van der Waals surface area (Å²) in [4.78, 5) is 16.8. The molecule has 0 N–H and O–H groups in total. The van der Waals surface area contributed by atoms with Gasteiger partial charge in [0.25, 0.3) is 0 Å². The quantitative estimate of drug-likeness (QED) is 0.607. The van der Waals surface area contributed by atoms with Crippen LogP contribution in [0.3, 0.4) is 0 Å². The molecule has 0 spiro atoms. The van der Waals surface area contributed by atoms with Crippen LogP contribution in [0.1, 0.15) is 54.4 Å². The maximum atomic E-state index is 12.8. The molecule has 0 radical (unpaired) electrons. The van der Waals surface area contributed by atoms with Gasteiger partial charge in [0, 0.05) is 25.1 Å². The number of Topliss-reactive ketones (excluding diaryl/α,β-unsaturated/α-hetero) is 1. The molecule has 1 fully saturated rings. The summed E-state index contributed by atoms with van der Waals surface area (Å²) in [5, 5.41) is 0. The number of aromatic nitrogens is 1. The van der Waals surface area contributed by atoms with E-state index >= 15 is 0 Å². The van der Waals surface area contributed by atoms with Crippen molar-refractivity contribution in [2.75, 3.05) is 7.11 Å². The topological polar surface area (TPSA) is 39.2 Å². The van der Waals surface area contributed by atoms with Gasteiger partial charge in [-0.15, -0.1) is 0 Å². The molecule has 0 unspecified atom stereocenters. The molecular formula is C15H21NO2. The van der Waals surface area contributed by atoms with Crippen LogP contribution in [0.15, 0.2) is 18.5 Å². The van der Waals surface area contributed by atoms with E-state index in [1.807, 2.05) is 13.0 Å². The van der Waals surface area contributed by atoms with E-state index < -0.39 is 5.60 Å². The third-order valence-corrected chi connectivity index (χ3v) is 4.00. The molecule has 3 nitrogen and oxygen atoms in total. The molecule has 1 saturated carbocycles. The summed E-state index contributed by atoms with van der Waals surface area (Å²) in [6.07, 6.45) is 9.59. The Labute approximate surface area is 109 Å². The Bertz CT molecular complexity index is 420. The molecule has 1 heterocycles. The molecule has 1 aliphatic rings. The lowest BCUT2D eigenvalue weighted by atomic mass is 9.85. The maximum absolute atomic E-state index is 12.8. The minimum atomic E-state index is -0.621. The SMILES string of the molecule is COC1(C(=O)c2cnccc2C)CCCCCC1. The van der Waals surface area contributed by atoms with E-state index in [9.17, 15) is 4.79 Å². The monoisotopic (exact) mass is 247 g/mol. The molecule has 0 aromatic carbocycles. The highest BCUT2D eigenvalue weighted by Crippen LogP contribution is 2.33. The fourth-order valence-electron chi connectivity index (χ4n) is 2.77. The molecular weight excluding hydrogens is 226 g/mol. The van der Waals surface area contributed by atoms with Gasteiger partial charge in [0.15, 0.2) is 5.78 Å². The number of nitrogens with zero attached hydrogens (tertiary/aromatic N) is 1. The molecule has 2 rings (SSSR count).